The number of hydrogen-bond acceptors (Lipinski definition) is 5. The lowest BCUT2D eigenvalue weighted by molar-refractivity contribution is -0.116. The average Bonchev–Trinajstić information content (AvgIpc) is 2.82. The van der Waals surface area contributed by atoms with Crippen LogP contribution in [0.5, 0.6) is 0 Å². The second-order valence-corrected chi connectivity index (χ2v) is 8.78. The first-order chi connectivity index (χ1) is 12.5. The second-order valence-electron chi connectivity index (χ2n) is 6.84. The van der Waals surface area contributed by atoms with E-state index < -0.39 is 10.0 Å². The number of carbonyl (C=O) groups is 1. The van der Waals surface area contributed by atoms with Gasteiger partial charge in [0.1, 0.15) is 0 Å². The Balaban J connectivity index is 0.00000261. The van der Waals surface area contributed by atoms with Gasteiger partial charge in [0.05, 0.1) is 11.0 Å². The molecule has 1 fully saturated rings. The molecule has 1 amide bonds. The molecule has 0 unspecified atom stereocenters. The highest BCUT2D eigenvalue weighted by Gasteiger charge is 2.30. The third-order valence-corrected chi connectivity index (χ3v) is 6.84. The molecule has 2 heterocycles. The van der Waals surface area contributed by atoms with Crippen molar-refractivity contribution < 1.29 is 17.9 Å². The highest BCUT2D eigenvalue weighted by atomic mass is 35.5. The first-order valence-corrected chi connectivity index (χ1v) is 10.7. The topological polar surface area (TPSA) is 102 Å². The van der Waals surface area contributed by atoms with Crippen LogP contribution in [0, 0.1) is 0 Å². The Morgan fingerprint density at radius 1 is 1.22 bits per heavy atom. The van der Waals surface area contributed by atoms with Crippen LogP contribution >= 0.6 is 12.4 Å². The van der Waals surface area contributed by atoms with Gasteiger partial charge in [0.2, 0.25) is 15.9 Å². The summed E-state index contributed by atoms with van der Waals surface area (Å²) in [4.78, 5) is 11.9. The number of halogens is 1. The minimum Gasteiger partial charge on any atom is -0.378 e. The van der Waals surface area contributed by atoms with E-state index in [9.17, 15) is 13.2 Å². The lowest BCUT2D eigenvalue weighted by Gasteiger charge is -2.31. The van der Waals surface area contributed by atoms with Crippen LogP contribution in [0.3, 0.4) is 0 Å². The average molecular weight is 418 g/mol. The zero-order chi connectivity index (χ0) is 18.6. The Morgan fingerprint density at radius 2 is 1.96 bits per heavy atom. The van der Waals surface area contributed by atoms with Gasteiger partial charge < -0.3 is 15.8 Å². The van der Waals surface area contributed by atoms with E-state index in [-0.39, 0.29) is 24.4 Å². The smallest absolute Gasteiger partial charge is 0.243 e. The number of anilines is 1. The molecule has 3 rings (SSSR count). The summed E-state index contributed by atoms with van der Waals surface area (Å²) in [6.07, 6.45) is 4.23. The third-order valence-electron chi connectivity index (χ3n) is 4.94. The summed E-state index contributed by atoms with van der Waals surface area (Å²) in [5.74, 6) is -0.0175. The third kappa shape index (κ3) is 5.42. The second kappa shape index (κ2) is 9.84. The predicted octanol–water partition coefficient (Wildman–Crippen LogP) is 1.90. The summed E-state index contributed by atoms with van der Waals surface area (Å²) in [7, 11) is -3.52. The normalized spacial score (nSPS) is 18.9. The van der Waals surface area contributed by atoms with Gasteiger partial charge in [-0.15, -0.1) is 12.4 Å². The summed E-state index contributed by atoms with van der Waals surface area (Å²) in [5.41, 5.74) is 7.07. The van der Waals surface area contributed by atoms with Gasteiger partial charge in [-0.25, -0.2) is 8.42 Å². The Kier molecular flexibility index (Phi) is 8.05. The number of carbonyl (C=O) groups excluding carboxylic acids is 1. The minimum absolute atomic E-state index is 0. The van der Waals surface area contributed by atoms with Gasteiger partial charge in [0.15, 0.2) is 0 Å². The minimum atomic E-state index is -3.52. The maximum Gasteiger partial charge on any atom is 0.243 e. The van der Waals surface area contributed by atoms with Crippen molar-refractivity contribution in [1.82, 2.24) is 4.31 Å². The highest BCUT2D eigenvalue weighted by Crippen LogP contribution is 2.28. The van der Waals surface area contributed by atoms with Crippen LogP contribution in [0.1, 0.15) is 37.7 Å². The monoisotopic (exact) mass is 417 g/mol. The van der Waals surface area contributed by atoms with E-state index in [1.54, 1.807) is 18.2 Å². The molecule has 0 aliphatic carbocycles. The standard InChI is InChI=1S/C18H27N3O4S.ClH/c19-9-2-12-25-15-7-10-21(11-8-15)26(23,24)16-5-6-17-14(13-16)3-1-4-18(22)20-17;/h5-6,13,15H,1-4,7-12,19H2,(H,20,22);1H. The Labute approximate surface area is 167 Å². The molecule has 0 spiro atoms. The zero-order valence-corrected chi connectivity index (χ0v) is 17.0. The first-order valence-electron chi connectivity index (χ1n) is 9.25. The quantitative estimate of drug-likeness (QED) is 0.688. The number of sulfonamides is 1. The van der Waals surface area contributed by atoms with Crippen molar-refractivity contribution in [2.75, 3.05) is 31.6 Å². The van der Waals surface area contributed by atoms with Crippen molar-refractivity contribution in [2.45, 2.75) is 49.5 Å². The number of rotatable bonds is 6. The van der Waals surface area contributed by atoms with Gasteiger partial charge in [0, 0.05) is 31.8 Å². The van der Waals surface area contributed by atoms with Gasteiger partial charge in [-0.05, 0) is 62.4 Å². The molecule has 3 N–H and O–H groups in total. The number of nitrogens with one attached hydrogen (secondary N) is 1. The Bertz CT molecular complexity index is 749. The number of nitrogens with two attached hydrogens (primary N) is 1. The van der Waals surface area contributed by atoms with E-state index in [1.165, 1.54) is 4.31 Å². The molecule has 0 bridgehead atoms. The fourth-order valence-electron chi connectivity index (χ4n) is 3.43. The maximum atomic E-state index is 13.0. The largest absolute Gasteiger partial charge is 0.378 e. The molecule has 0 saturated carbocycles. The number of piperidine rings is 1. The summed E-state index contributed by atoms with van der Waals surface area (Å²) < 4.78 is 33.2. The van der Waals surface area contributed by atoms with E-state index in [1.807, 2.05) is 0 Å². The van der Waals surface area contributed by atoms with Crippen molar-refractivity contribution in [1.29, 1.82) is 0 Å². The van der Waals surface area contributed by atoms with Crippen molar-refractivity contribution in [3.63, 3.8) is 0 Å². The summed E-state index contributed by atoms with van der Waals surface area (Å²) in [5, 5.41) is 2.84. The Morgan fingerprint density at radius 3 is 2.67 bits per heavy atom. The van der Waals surface area contributed by atoms with Crippen LogP contribution in [-0.2, 0) is 26.0 Å². The fourth-order valence-corrected chi connectivity index (χ4v) is 4.95. The summed E-state index contributed by atoms with van der Waals surface area (Å²) in [6.45, 7) is 2.16. The van der Waals surface area contributed by atoms with E-state index >= 15 is 0 Å². The molecule has 27 heavy (non-hydrogen) atoms. The van der Waals surface area contributed by atoms with Gasteiger partial charge in [-0.1, -0.05) is 0 Å². The SMILES string of the molecule is Cl.NCCCOC1CCN(S(=O)(=O)c2ccc3c(c2)CCCC(=O)N3)CC1. The number of nitrogens with zero attached hydrogens (tertiary/aromatic N) is 1. The highest BCUT2D eigenvalue weighted by molar-refractivity contribution is 7.89. The molecule has 1 saturated heterocycles. The van der Waals surface area contributed by atoms with E-state index in [2.05, 4.69) is 5.32 Å². The molecule has 1 aromatic rings. The first kappa shape index (κ1) is 22.1. The lowest BCUT2D eigenvalue weighted by Crippen LogP contribution is -2.41. The van der Waals surface area contributed by atoms with Gasteiger partial charge in [0.25, 0.3) is 0 Å². The van der Waals surface area contributed by atoms with Crippen LogP contribution in [0.2, 0.25) is 0 Å². The van der Waals surface area contributed by atoms with Crippen LogP contribution in [0.15, 0.2) is 23.1 Å². The summed E-state index contributed by atoms with van der Waals surface area (Å²) >= 11 is 0. The lowest BCUT2D eigenvalue weighted by atomic mass is 10.1. The molecular formula is C18H28ClN3O4S. The summed E-state index contributed by atoms with van der Waals surface area (Å²) in [6, 6.07) is 5.00. The van der Waals surface area contributed by atoms with Crippen molar-refractivity contribution in [3.8, 4) is 0 Å². The number of benzene rings is 1. The molecule has 152 valence electrons. The van der Waals surface area contributed by atoms with Crippen LogP contribution in [0.25, 0.3) is 0 Å². The van der Waals surface area contributed by atoms with Crippen molar-refractivity contribution >= 4 is 34.0 Å². The molecule has 1 aromatic carbocycles. The van der Waals surface area contributed by atoms with Crippen LogP contribution < -0.4 is 11.1 Å². The van der Waals surface area contributed by atoms with Crippen LogP contribution in [-0.4, -0.2) is 51.0 Å². The van der Waals surface area contributed by atoms with Crippen molar-refractivity contribution in [2.24, 2.45) is 5.73 Å². The van der Waals surface area contributed by atoms with E-state index in [0.29, 0.717) is 56.8 Å². The Hall–Kier alpha value is -1.19. The van der Waals surface area contributed by atoms with E-state index in [4.69, 9.17) is 10.5 Å². The molecular weight excluding hydrogens is 390 g/mol. The molecule has 0 atom stereocenters. The number of hydrogen-bond donors (Lipinski definition) is 2. The molecule has 2 aliphatic rings. The van der Waals surface area contributed by atoms with Gasteiger partial charge in [-0.3, -0.25) is 4.79 Å². The number of aryl methyl sites for hydroxylation is 1. The molecule has 9 heteroatoms. The van der Waals surface area contributed by atoms with Gasteiger partial charge in [-0.2, -0.15) is 4.31 Å². The molecule has 2 aliphatic heterocycles. The van der Waals surface area contributed by atoms with Crippen LogP contribution in [0.4, 0.5) is 5.69 Å². The molecule has 0 radical (unpaired) electrons. The maximum absolute atomic E-state index is 13.0. The number of fused-ring (bicyclic) bond motifs is 1. The van der Waals surface area contributed by atoms with Crippen molar-refractivity contribution in [3.05, 3.63) is 23.8 Å². The predicted molar refractivity (Wildman–Crippen MR) is 107 cm³/mol. The number of amides is 1. The van der Waals surface area contributed by atoms with E-state index in [0.717, 1.165) is 24.1 Å². The fraction of sp³-hybridized carbons (Fsp3) is 0.611. The van der Waals surface area contributed by atoms with Gasteiger partial charge >= 0.3 is 0 Å². The molecule has 7 nitrogen and oxygen atoms in total. The molecule has 0 aromatic heterocycles. The number of ether oxygens (including phenoxy) is 1. The zero-order valence-electron chi connectivity index (χ0n) is 15.4.